The normalized spacial score (nSPS) is 18.5. The zero-order valence-electron chi connectivity index (χ0n) is 12.5. The number of piperidine rings is 1. The van der Waals surface area contributed by atoms with Gasteiger partial charge in [0, 0.05) is 6.54 Å². The quantitative estimate of drug-likeness (QED) is 0.837. The summed E-state index contributed by atoms with van der Waals surface area (Å²) in [5, 5.41) is 14.0. The average molecular weight is 321 g/mol. The minimum atomic E-state index is -0.183. The van der Waals surface area contributed by atoms with E-state index in [2.05, 4.69) is 5.32 Å². The number of likely N-dealkylation sites (tertiary alicyclic amines) is 1. The van der Waals surface area contributed by atoms with Crippen LogP contribution < -0.4 is 5.32 Å². The van der Waals surface area contributed by atoms with Crippen molar-refractivity contribution in [2.24, 2.45) is 5.92 Å². The molecule has 1 aliphatic heterocycles. The van der Waals surface area contributed by atoms with Crippen LogP contribution in [-0.4, -0.2) is 43.0 Å². The van der Waals surface area contributed by atoms with Gasteiger partial charge in [-0.05, 0) is 37.8 Å². The van der Waals surface area contributed by atoms with Gasteiger partial charge in [0.25, 0.3) is 0 Å². The van der Waals surface area contributed by atoms with Gasteiger partial charge < -0.3 is 10.1 Å². The molecular weight excluding hydrogens is 302 g/mol. The number of esters is 1. The van der Waals surface area contributed by atoms with Crippen LogP contribution >= 0.6 is 11.3 Å². The molecule has 0 radical (unpaired) electrons. The van der Waals surface area contributed by atoms with Gasteiger partial charge in [-0.25, -0.2) is 0 Å². The highest BCUT2D eigenvalue weighted by atomic mass is 32.1. The first-order valence-electron chi connectivity index (χ1n) is 7.30. The zero-order valence-corrected chi connectivity index (χ0v) is 13.3. The van der Waals surface area contributed by atoms with E-state index in [1.807, 2.05) is 11.0 Å². The lowest BCUT2D eigenvalue weighted by Gasteiger charge is -2.30. The van der Waals surface area contributed by atoms with Crippen LogP contribution in [0.15, 0.2) is 11.4 Å². The Bertz CT molecular complexity index is 579. The molecule has 0 aromatic carbocycles. The minimum absolute atomic E-state index is 0.155. The molecule has 22 heavy (non-hydrogen) atoms. The van der Waals surface area contributed by atoms with Crippen molar-refractivity contribution in [2.45, 2.75) is 19.8 Å². The van der Waals surface area contributed by atoms with Gasteiger partial charge in [-0.1, -0.05) is 0 Å². The number of nitriles is 1. The number of nitrogens with zero attached hydrogens (tertiary/aromatic N) is 2. The minimum Gasteiger partial charge on any atom is -0.466 e. The molecule has 0 bridgehead atoms. The zero-order chi connectivity index (χ0) is 15.9. The summed E-state index contributed by atoms with van der Waals surface area (Å²) in [6.07, 6.45) is 1.68. The van der Waals surface area contributed by atoms with Crippen LogP contribution in [0.3, 0.4) is 0 Å². The van der Waals surface area contributed by atoms with Gasteiger partial charge in [-0.2, -0.15) is 5.26 Å². The summed E-state index contributed by atoms with van der Waals surface area (Å²) < 4.78 is 5.05. The van der Waals surface area contributed by atoms with Crippen molar-refractivity contribution in [3.05, 3.63) is 17.0 Å². The van der Waals surface area contributed by atoms with Gasteiger partial charge in [0.1, 0.15) is 11.1 Å². The summed E-state index contributed by atoms with van der Waals surface area (Å²) in [6, 6.07) is 3.72. The third kappa shape index (κ3) is 4.29. The number of anilines is 1. The SMILES string of the molecule is CCOC(=O)[C@@H]1CCCN(CC(=O)Nc2sccc2C#N)C1. The maximum Gasteiger partial charge on any atom is 0.310 e. The van der Waals surface area contributed by atoms with Crippen LogP contribution in [0, 0.1) is 17.2 Å². The fraction of sp³-hybridized carbons (Fsp3) is 0.533. The number of hydrogen-bond donors (Lipinski definition) is 1. The van der Waals surface area contributed by atoms with Crippen molar-refractivity contribution >= 4 is 28.2 Å². The highest BCUT2D eigenvalue weighted by molar-refractivity contribution is 7.14. The van der Waals surface area contributed by atoms with Gasteiger partial charge in [0.15, 0.2) is 0 Å². The molecule has 118 valence electrons. The summed E-state index contributed by atoms with van der Waals surface area (Å²) >= 11 is 1.33. The molecule has 1 aliphatic rings. The average Bonchev–Trinajstić information content (AvgIpc) is 2.94. The van der Waals surface area contributed by atoms with E-state index < -0.39 is 0 Å². The Balaban J connectivity index is 1.86. The summed E-state index contributed by atoms with van der Waals surface area (Å²) in [5.41, 5.74) is 0.474. The third-order valence-electron chi connectivity index (χ3n) is 3.53. The third-order valence-corrected chi connectivity index (χ3v) is 4.36. The Morgan fingerprint density at radius 3 is 3.14 bits per heavy atom. The largest absolute Gasteiger partial charge is 0.466 e. The van der Waals surface area contributed by atoms with Crippen LogP contribution in [0.4, 0.5) is 5.00 Å². The maximum atomic E-state index is 12.1. The number of nitrogens with one attached hydrogen (secondary N) is 1. The lowest BCUT2D eigenvalue weighted by Crippen LogP contribution is -2.43. The van der Waals surface area contributed by atoms with Crippen LogP contribution in [0.25, 0.3) is 0 Å². The molecule has 1 fully saturated rings. The molecule has 1 saturated heterocycles. The number of hydrogen-bond acceptors (Lipinski definition) is 6. The second-order valence-corrected chi connectivity index (χ2v) is 6.07. The lowest BCUT2D eigenvalue weighted by molar-refractivity contribution is -0.150. The Kier molecular flexibility index (Phi) is 5.92. The molecule has 6 nitrogen and oxygen atoms in total. The fourth-order valence-electron chi connectivity index (χ4n) is 2.52. The number of ether oxygens (including phenoxy) is 1. The second kappa shape index (κ2) is 7.92. The molecule has 2 rings (SSSR count). The molecule has 1 aromatic rings. The number of carbonyl (C=O) groups excluding carboxylic acids is 2. The standard InChI is InChI=1S/C15H19N3O3S/c1-2-21-15(20)12-4-3-6-18(9-12)10-13(19)17-14-11(8-16)5-7-22-14/h5,7,12H,2-4,6,9-10H2,1H3,(H,17,19)/t12-/m1/s1. The molecule has 0 saturated carbocycles. The first kappa shape index (κ1) is 16.5. The van der Waals surface area contributed by atoms with E-state index in [9.17, 15) is 9.59 Å². The number of amides is 1. The van der Waals surface area contributed by atoms with E-state index >= 15 is 0 Å². The monoisotopic (exact) mass is 321 g/mol. The van der Waals surface area contributed by atoms with E-state index in [0.717, 1.165) is 19.4 Å². The van der Waals surface area contributed by atoms with Crippen molar-refractivity contribution in [1.82, 2.24) is 4.90 Å². The molecule has 1 amide bonds. The molecular formula is C15H19N3O3S. The van der Waals surface area contributed by atoms with Gasteiger partial charge in [0.05, 0.1) is 24.6 Å². The van der Waals surface area contributed by atoms with E-state index in [1.165, 1.54) is 11.3 Å². The van der Waals surface area contributed by atoms with Gasteiger partial charge >= 0.3 is 5.97 Å². The molecule has 1 aromatic heterocycles. The van der Waals surface area contributed by atoms with Crippen molar-refractivity contribution in [1.29, 1.82) is 5.26 Å². The molecule has 1 atom stereocenters. The molecule has 1 N–H and O–H groups in total. The number of carbonyl (C=O) groups is 2. The second-order valence-electron chi connectivity index (χ2n) is 5.15. The van der Waals surface area contributed by atoms with Crippen molar-refractivity contribution < 1.29 is 14.3 Å². The maximum absolute atomic E-state index is 12.1. The van der Waals surface area contributed by atoms with Crippen LogP contribution in [0.1, 0.15) is 25.3 Å². The Labute approximate surface area is 133 Å². The van der Waals surface area contributed by atoms with Gasteiger partial charge in [-0.3, -0.25) is 14.5 Å². The van der Waals surface area contributed by atoms with Crippen molar-refractivity contribution in [3.8, 4) is 6.07 Å². The highest BCUT2D eigenvalue weighted by Gasteiger charge is 2.27. The Morgan fingerprint density at radius 1 is 1.59 bits per heavy atom. The van der Waals surface area contributed by atoms with E-state index in [4.69, 9.17) is 10.00 Å². The van der Waals surface area contributed by atoms with Crippen LogP contribution in [0.5, 0.6) is 0 Å². The van der Waals surface area contributed by atoms with Gasteiger partial charge in [0.2, 0.25) is 5.91 Å². The highest BCUT2D eigenvalue weighted by Crippen LogP contribution is 2.22. The van der Waals surface area contributed by atoms with E-state index in [1.54, 1.807) is 18.4 Å². The number of thiophene rings is 1. The van der Waals surface area contributed by atoms with Crippen LogP contribution in [0.2, 0.25) is 0 Å². The molecule has 7 heteroatoms. The molecule has 0 aliphatic carbocycles. The Morgan fingerprint density at radius 2 is 2.41 bits per heavy atom. The predicted molar refractivity (Wildman–Crippen MR) is 83.5 cm³/mol. The van der Waals surface area contributed by atoms with E-state index in [0.29, 0.717) is 23.7 Å². The summed E-state index contributed by atoms with van der Waals surface area (Å²) in [4.78, 5) is 25.8. The van der Waals surface area contributed by atoms with E-state index in [-0.39, 0.29) is 24.3 Å². The molecule has 0 unspecified atom stereocenters. The summed E-state index contributed by atoms with van der Waals surface area (Å²) in [6.45, 7) is 3.73. The van der Waals surface area contributed by atoms with Crippen molar-refractivity contribution in [3.63, 3.8) is 0 Å². The first-order valence-corrected chi connectivity index (χ1v) is 8.18. The predicted octanol–water partition coefficient (Wildman–Crippen LogP) is 1.83. The molecule has 0 spiro atoms. The summed E-state index contributed by atoms with van der Waals surface area (Å²) in [5.74, 6) is -0.501. The lowest BCUT2D eigenvalue weighted by atomic mass is 9.98. The Hall–Kier alpha value is -1.91. The first-order chi connectivity index (χ1) is 10.6. The van der Waals surface area contributed by atoms with Crippen LogP contribution in [-0.2, 0) is 14.3 Å². The summed E-state index contributed by atoms with van der Waals surface area (Å²) in [7, 11) is 0. The molecule has 2 heterocycles. The smallest absolute Gasteiger partial charge is 0.310 e. The van der Waals surface area contributed by atoms with Crippen molar-refractivity contribution in [2.75, 3.05) is 31.6 Å². The topological polar surface area (TPSA) is 82.4 Å². The number of rotatable bonds is 5. The fourth-order valence-corrected chi connectivity index (χ4v) is 3.27. The van der Waals surface area contributed by atoms with Gasteiger partial charge in [-0.15, -0.1) is 11.3 Å².